The van der Waals surface area contributed by atoms with Gasteiger partial charge in [0.15, 0.2) is 23.0 Å². The number of benzene rings is 2. The van der Waals surface area contributed by atoms with Gasteiger partial charge in [-0.25, -0.2) is 0 Å². The Bertz CT molecular complexity index is 1290. The highest BCUT2D eigenvalue weighted by molar-refractivity contribution is 9.10. The summed E-state index contributed by atoms with van der Waals surface area (Å²) in [6.07, 6.45) is -0.0567. The Labute approximate surface area is 204 Å². The third-order valence-corrected chi connectivity index (χ3v) is 6.05. The number of rotatable bonds is 8. The van der Waals surface area contributed by atoms with Crippen molar-refractivity contribution in [1.29, 1.82) is 0 Å². The Morgan fingerprint density at radius 2 is 1.94 bits per heavy atom. The summed E-state index contributed by atoms with van der Waals surface area (Å²) in [5, 5.41) is 21.8. The summed E-state index contributed by atoms with van der Waals surface area (Å²) in [6, 6.07) is 10.5. The van der Waals surface area contributed by atoms with Gasteiger partial charge in [0.25, 0.3) is 5.91 Å². The van der Waals surface area contributed by atoms with Gasteiger partial charge in [-0.2, -0.15) is 0 Å². The number of aliphatic hydroxyl groups excluding tert-OH is 1. The van der Waals surface area contributed by atoms with E-state index in [2.05, 4.69) is 15.9 Å². The first-order valence-corrected chi connectivity index (χ1v) is 11.5. The topological polar surface area (TPSA) is 109 Å². The number of hydrogen-bond donors (Lipinski definition) is 2. The lowest BCUT2D eigenvalue weighted by Gasteiger charge is -2.27. The Morgan fingerprint density at radius 3 is 2.62 bits per heavy atom. The molecule has 2 aromatic carbocycles. The summed E-state index contributed by atoms with van der Waals surface area (Å²) in [6.45, 7) is 4.07. The molecule has 8 nitrogen and oxygen atoms in total. The van der Waals surface area contributed by atoms with Crippen LogP contribution in [0.3, 0.4) is 0 Å². The van der Waals surface area contributed by atoms with Gasteiger partial charge in [0.05, 0.1) is 31.4 Å². The molecule has 0 saturated carbocycles. The minimum absolute atomic E-state index is 0.00883. The fourth-order valence-corrected chi connectivity index (χ4v) is 4.36. The van der Waals surface area contributed by atoms with E-state index in [0.717, 1.165) is 4.47 Å². The second kappa shape index (κ2) is 9.52. The van der Waals surface area contributed by atoms with Crippen LogP contribution in [0.15, 0.2) is 62.7 Å². The van der Waals surface area contributed by atoms with Crippen LogP contribution in [0.5, 0.6) is 11.5 Å². The first-order valence-electron chi connectivity index (χ1n) is 10.7. The zero-order valence-corrected chi connectivity index (χ0v) is 20.5. The number of phenols is 1. The van der Waals surface area contributed by atoms with E-state index in [-0.39, 0.29) is 42.1 Å². The highest BCUT2D eigenvalue weighted by Gasteiger charge is 2.44. The zero-order valence-electron chi connectivity index (χ0n) is 18.9. The Hall–Kier alpha value is -3.30. The number of fused-ring (bicyclic) bond motifs is 1. The van der Waals surface area contributed by atoms with Gasteiger partial charge in [-0.15, -0.1) is 0 Å². The second-order valence-corrected chi connectivity index (χ2v) is 9.05. The van der Waals surface area contributed by atoms with E-state index in [4.69, 9.17) is 13.9 Å². The SMILES string of the molecule is COc1ccc(C2C(C(=O)c3cc4cc(Br)ccc4o3)=C(O)C(=O)N2CCOC(C)C)cc1O. The van der Waals surface area contributed by atoms with E-state index < -0.39 is 23.5 Å². The number of Topliss-reactive ketones (excluding diaryl/α,β-unsaturated/α-hetero) is 1. The monoisotopic (exact) mass is 529 g/mol. The number of nitrogens with zero attached hydrogens (tertiary/aromatic N) is 1. The number of furan rings is 1. The maximum atomic E-state index is 13.6. The van der Waals surface area contributed by atoms with E-state index >= 15 is 0 Å². The molecule has 0 radical (unpaired) electrons. The third kappa shape index (κ3) is 4.41. The van der Waals surface area contributed by atoms with Crippen molar-refractivity contribution < 1.29 is 33.7 Å². The fraction of sp³-hybridized carbons (Fsp3) is 0.280. The highest BCUT2D eigenvalue weighted by Crippen LogP contribution is 2.41. The largest absolute Gasteiger partial charge is 0.504 e. The summed E-state index contributed by atoms with van der Waals surface area (Å²) < 4.78 is 17.3. The lowest BCUT2D eigenvalue weighted by atomic mass is 9.94. The van der Waals surface area contributed by atoms with E-state index in [9.17, 15) is 19.8 Å². The molecule has 9 heteroatoms. The summed E-state index contributed by atoms with van der Waals surface area (Å²) >= 11 is 3.39. The standard InChI is InChI=1S/C25H24BrNO7/c1-13(2)33-9-8-27-22(14-4-6-19(32-3)17(28)11-14)21(24(30)25(27)31)23(29)20-12-15-10-16(26)5-7-18(15)34-20/h4-7,10-13,22,28,30H,8-9H2,1-3H3. The number of halogens is 1. The van der Waals surface area contributed by atoms with Crippen molar-refractivity contribution in [2.24, 2.45) is 0 Å². The molecule has 2 N–H and O–H groups in total. The summed E-state index contributed by atoms with van der Waals surface area (Å²) in [5.74, 6) is -1.90. The first kappa shape index (κ1) is 23.8. The highest BCUT2D eigenvalue weighted by atomic mass is 79.9. The molecule has 1 aliphatic heterocycles. The van der Waals surface area contributed by atoms with Crippen LogP contribution in [-0.2, 0) is 9.53 Å². The predicted octanol–water partition coefficient (Wildman–Crippen LogP) is 4.91. The van der Waals surface area contributed by atoms with Crippen LogP contribution in [0, 0.1) is 0 Å². The number of aromatic hydroxyl groups is 1. The van der Waals surface area contributed by atoms with Crippen molar-refractivity contribution in [1.82, 2.24) is 4.90 Å². The van der Waals surface area contributed by atoms with Gasteiger partial charge in [-0.05, 0) is 55.8 Å². The molecule has 1 unspecified atom stereocenters. The van der Waals surface area contributed by atoms with Crippen molar-refractivity contribution in [3.05, 3.63) is 69.6 Å². The molecule has 3 aromatic rings. The normalized spacial score (nSPS) is 16.2. The molecule has 0 fully saturated rings. The minimum atomic E-state index is -0.951. The van der Waals surface area contributed by atoms with Gasteiger partial charge >= 0.3 is 0 Å². The molecule has 0 aliphatic carbocycles. The van der Waals surface area contributed by atoms with Gasteiger partial charge < -0.3 is 29.0 Å². The van der Waals surface area contributed by atoms with Crippen LogP contribution in [0.2, 0.25) is 0 Å². The van der Waals surface area contributed by atoms with Crippen molar-refractivity contribution in [3.8, 4) is 11.5 Å². The molecular weight excluding hydrogens is 506 g/mol. The third-order valence-electron chi connectivity index (χ3n) is 5.55. The number of carbonyl (C=O) groups is 2. The first-order chi connectivity index (χ1) is 16.2. The van der Waals surface area contributed by atoms with Gasteiger partial charge in [-0.3, -0.25) is 9.59 Å². The summed E-state index contributed by atoms with van der Waals surface area (Å²) in [5.41, 5.74) is 0.802. The van der Waals surface area contributed by atoms with Gasteiger partial charge in [-0.1, -0.05) is 22.0 Å². The maximum absolute atomic E-state index is 13.6. The Morgan fingerprint density at radius 1 is 1.18 bits per heavy atom. The predicted molar refractivity (Wildman–Crippen MR) is 128 cm³/mol. The molecule has 0 bridgehead atoms. The lowest BCUT2D eigenvalue weighted by Crippen LogP contribution is -2.34. The molecule has 0 saturated heterocycles. The van der Waals surface area contributed by atoms with Gasteiger partial charge in [0.1, 0.15) is 5.58 Å². The minimum Gasteiger partial charge on any atom is -0.504 e. The second-order valence-electron chi connectivity index (χ2n) is 8.14. The van der Waals surface area contributed by atoms with E-state index in [1.165, 1.54) is 24.1 Å². The van der Waals surface area contributed by atoms with E-state index in [1.807, 2.05) is 13.8 Å². The van der Waals surface area contributed by atoms with Crippen molar-refractivity contribution in [2.45, 2.75) is 26.0 Å². The van der Waals surface area contributed by atoms with Crippen molar-refractivity contribution >= 4 is 38.6 Å². The van der Waals surface area contributed by atoms with Crippen LogP contribution in [0.4, 0.5) is 0 Å². The molecule has 1 atom stereocenters. The smallest absolute Gasteiger partial charge is 0.290 e. The number of carbonyl (C=O) groups excluding carboxylic acids is 2. The van der Waals surface area contributed by atoms with Crippen LogP contribution in [0.25, 0.3) is 11.0 Å². The van der Waals surface area contributed by atoms with Crippen LogP contribution >= 0.6 is 15.9 Å². The van der Waals surface area contributed by atoms with E-state index in [0.29, 0.717) is 16.5 Å². The molecule has 2 heterocycles. The van der Waals surface area contributed by atoms with Crippen LogP contribution in [0.1, 0.15) is 36.0 Å². The number of aliphatic hydroxyl groups is 1. The molecule has 0 spiro atoms. The van der Waals surface area contributed by atoms with Gasteiger partial charge in [0.2, 0.25) is 5.78 Å². The average molecular weight is 530 g/mol. The summed E-state index contributed by atoms with van der Waals surface area (Å²) in [4.78, 5) is 27.9. The zero-order chi connectivity index (χ0) is 24.6. The quantitative estimate of drug-likeness (QED) is 0.398. The van der Waals surface area contributed by atoms with Crippen molar-refractivity contribution in [2.75, 3.05) is 20.3 Å². The Kier molecular flexibility index (Phi) is 6.67. The number of ether oxygens (including phenoxy) is 2. The maximum Gasteiger partial charge on any atom is 0.290 e. The number of hydrogen-bond acceptors (Lipinski definition) is 7. The molecule has 1 amide bonds. The fourth-order valence-electron chi connectivity index (χ4n) is 3.99. The van der Waals surface area contributed by atoms with Crippen LogP contribution < -0.4 is 4.74 Å². The number of ketones is 1. The number of amides is 1. The van der Waals surface area contributed by atoms with Crippen molar-refractivity contribution in [3.63, 3.8) is 0 Å². The molecular formula is C25H24BrNO7. The number of methoxy groups -OCH3 is 1. The van der Waals surface area contributed by atoms with Crippen LogP contribution in [-0.4, -0.2) is 53.2 Å². The Balaban J connectivity index is 1.77. The molecule has 4 rings (SSSR count). The molecule has 1 aliphatic rings. The van der Waals surface area contributed by atoms with E-state index in [1.54, 1.807) is 30.3 Å². The molecule has 34 heavy (non-hydrogen) atoms. The average Bonchev–Trinajstić information content (AvgIpc) is 3.32. The molecule has 1 aromatic heterocycles. The number of phenolic OH excluding ortho intramolecular Hbond substituents is 1. The molecule has 178 valence electrons. The lowest BCUT2D eigenvalue weighted by molar-refractivity contribution is -0.130. The summed E-state index contributed by atoms with van der Waals surface area (Å²) in [7, 11) is 1.42. The van der Waals surface area contributed by atoms with Gasteiger partial charge in [0, 0.05) is 16.4 Å².